The molecule has 1 aromatic heterocycles. The van der Waals surface area contributed by atoms with E-state index >= 15 is 0 Å². The highest BCUT2D eigenvalue weighted by Gasteiger charge is 2.03. The number of aromatic nitrogens is 2. The van der Waals surface area contributed by atoms with Gasteiger partial charge in [0, 0.05) is 17.5 Å². The number of nitrogens with zero attached hydrogens (tertiary/aromatic N) is 2. The maximum Gasteiger partial charge on any atom is 0.311 e. The number of ether oxygens (including phenoxy) is 1. The van der Waals surface area contributed by atoms with Crippen molar-refractivity contribution in [2.45, 2.75) is 20.3 Å². The van der Waals surface area contributed by atoms with Crippen molar-refractivity contribution in [3.05, 3.63) is 22.1 Å². The number of aryl methyl sites for hydroxylation is 1. The summed E-state index contributed by atoms with van der Waals surface area (Å²) in [5.74, 6) is -0.141. The lowest BCUT2D eigenvalue weighted by atomic mass is 10.3. The number of hydrogen-bond acceptors (Lipinski definition) is 6. The summed E-state index contributed by atoms with van der Waals surface area (Å²) in [6, 6.07) is 1.37. The molecule has 0 aliphatic heterocycles. The van der Waals surface area contributed by atoms with Gasteiger partial charge in [0.2, 0.25) is 5.95 Å². The normalized spacial score (nSPS) is 11.1. The third-order valence-electron chi connectivity index (χ3n) is 1.85. The second-order valence-electron chi connectivity index (χ2n) is 3.45. The summed E-state index contributed by atoms with van der Waals surface area (Å²) in [5.41, 5.74) is 3.42. The van der Waals surface area contributed by atoms with Crippen LogP contribution in [-0.2, 0) is 9.53 Å². The van der Waals surface area contributed by atoms with E-state index in [0.29, 0.717) is 11.4 Å². The Kier molecular flexibility index (Phi) is 4.38. The van der Waals surface area contributed by atoms with E-state index in [-0.39, 0.29) is 23.9 Å². The molecular weight excluding hydrogens is 224 g/mol. The van der Waals surface area contributed by atoms with Gasteiger partial charge in [-0.3, -0.25) is 14.6 Å². The second-order valence-corrected chi connectivity index (χ2v) is 3.45. The van der Waals surface area contributed by atoms with Crippen LogP contribution in [0.15, 0.2) is 16.0 Å². The van der Waals surface area contributed by atoms with E-state index in [0.717, 1.165) is 0 Å². The molecule has 17 heavy (non-hydrogen) atoms. The maximum atomic E-state index is 11.1. The monoisotopic (exact) mass is 238 g/mol. The van der Waals surface area contributed by atoms with E-state index in [4.69, 9.17) is 0 Å². The molecule has 1 aromatic rings. The van der Waals surface area contributed by atoms with Crippen molar-refractivity contribution in [1.82, 2.24) is 9.97 Å². The summed E-state index contributed by atoms with van der Waals surface area (Å²) in [6.07, 6.45) is 0.0829. The molecule has 7 nitrogen and oxygen atoms in total. The highest BCUT2D eigenvalue weighted by molar-refractivity contribution is 5.97. The number of esters is 1. The molecule has 0 bridgehead atoms. The van der Waals surface area contributed by atoms with Crippen LogP contribution in [0.5, 0.6) is 0 Å². The summed E-state index contributed by atoms with van der Waals surface area (Å²) in [6.45, 7) is 3.36. The number of hydrogen-bond donors (Lipinski definition) is 2. The molecule has 1 heterocycles. The number of carbonyl (C=O) groups is 1. The largest absolute Gasteiger partial charge is 0.469 e. The van der Waals surface area contributed by atoms with E-state index in [2.05, 4.69) is 25.2 Å². The highest BCUT2D eigenvalue weighted by Crippen LogP contribution is 1.97. The fourth-order valence-corrected chi connectivity index (χ4v) is 1.10. The first-order valence-corrected chi connectivity index (χ1v) is 4.95. The summed E-state index contributed by atoms with van der Waals surface area (Å²) < 4.78 is 4.49. The predicted molar refractivity (Wildman–Crippen MR) is 63.0 cm³/mol. The highest BCUT2D eigenvalue weighted by atomic mass is 16.5. The van der Waals surface area contributed by atoms with Crippen molar-refractivity contribution in [1.29, 1.82) is 0 Å². The molecule has 0 aliphatic rings. The SMILES string of the molecule is COC(=O)C/C(C)=N\Nc1nc(C)cc(=O)[nH]1. The molecule has 0 atom stereocenters. The van der Waals surface area contributed by atoms with E-state index < -0.39 is 0 Å². The molecule has 0 spiro atoms. The average molecular weight is 238 g/mol. The molecule has 0 fully saturated rings. The Bertz CT molecular complexity index is 493. The van der Waals surface area contributed by atoms with E-state index in [1.54, 1.807) is 13.8 Å². The number of carbonyl (C=O) groups excluding carboxylic acids is 1. The van der Waals surface area contributed by atoms with Crippen molar-refractivity contribution >= 4 is 17.6 Å². The van der Waals surface area contributed by atoms with Crippen LogP contribution in [0, 0.1) is 6.92 Å². The Morgan fingerprint density at radius 2 is 2.35 bits per heavy atom. The smallest absolute Gasteiger partial charge is 0.311 e. The molecule has 7 heteroatoms. The summed E-state index contributed by atoms with van der Waals surface area (Å²) in [7, 11) is 1.31. The summed E-state index contributed by atoms with van der Waals surface area (Å²) >= 11 is 0. The zero-order valence-corrected chi connectivity index (χ0v) is 9.90. The van der Waals surface area contributed by atoms with Gasteiger partial charge in [0.05, 0.1) is 13.5 Å². The molecular formula is C10H14N4O3. The molecule has 92 valence electrons. The summed E-state index contributed by atoms with van der Waals surface area (Å²) in [5, 5.41) is 3.90. The zero-order chi connectivity index (χ0) is 12.8. The number of anilines is 1. The van der Waals surface area contributed by atoms with Crippen LogP contribution in [0.3, 0.4) is 0 Å². The van der Waals surface area contributed by atoms with Gasteiger partial charge in [0.15, 0.2) is 0 Å². The Morgan fingerprint density at radius 3 is 2.94 bits per heavy atom. The van der Waals surface area contributed by atoms with Crippen molar-refractivity contribution in [3.8, 4) is 0 Å². The minimum Gasteiger partial charge on any atom is -0.469 e. The van der Waals surface area contributed by atoms with Crippen LogP contribution in [0.25, 0.3) is 0 Å². The van der Waals surface area contributed by atoms with Gasteiger partial charge in [-0.25, -0.2) is 10.4 Å². The average Bonchev–Trinajstić information content (AvgIpc) is 2.25. The zero-order valence-electron chi connectivity index (χ0n) is 9.90. The van der Waals surface area contributed by atoms with Gasteiger partial charge in [-0.2, -0.15) is 5.10 Å². The van der Waals surface area contributed by atoms with Crippen LogP contribution < -0.4 is 11.0 Å². The molecule has 0 radical (unpaired) electrons. The lowest BCUT2D eigenvalue weighted by Crippen LogP contribution is -2.12. The lowest BCUT2D eigenvalue weighted by molar-refractivity contribution is -0.139. The first-order valence-electron chi connectivity index (χ1n) is 4.95. The van der Waals surface area contributed by atoms with Gasteiger partial charge < -0.3 is 4.74 Å². The second kappa shape index (κ2) is 5.78. The van der Waals surface area contributed by atoms with Gasteiger partial charge in [-0.15, -0.1) is 0 Å². The first-order chi connectivity index (χ1) is 8.01. The Hall–Kier alpha value is -2.18. The predicted octanol–water partition coefficient (Wildman–Crippen LogP) is 0.429. The van der Waals surface area contributed by atoms with Gasteiger partial charge in [0.1, 0.15) is 0 Å². The number of nitrogens with one attached hydrogen (secondary N) is 2. The Labute approximate surface area is 97.9 Å². The van der Waals surface area contributed by atoms with Crippen molar-refractivity contribution in [2.75, 3.05) is 12.5 Å². The minimum atomic E-state index is -0.376. The number of aromatic amines is 1. The molecule has 0 saturated heterocycles. The van der Waals surface area contributed by atoms with Gasteiger partial charge in [0.25, 0.3) is 5.56 Å². The fourth-order valence-electron chi connectivity index (χ4n) is 1.10. The minimum absolute atomic E-state index is 0.0829. The maximum absolute atomic E-state index is 11.1. The standard InChI is InChI=1S/C10H14N4O3/c1-6-4-8(15)12-10(11-6)14-13-7(2)5-9(16)17-3/h4H,5H2,1-3H3,(H2,11,12,14,15)/b13-7-. The lowest BCUT2D eigenvalue weighted by Gasteiger charge is -2.02. The van der Waals surface area contributed by atoms with Crippen LogP contribution in [0.2, 0.25) is 0 Å². The third kappa shape index (κ3) is 4.45. The van der Waals surface area contributed by atoms with Crippen LogP contribution in [0.4, 0.5) is 5.95 Å². The van der Waals surface area contributed by atoms with Gasteiger partial charge in [-0.05, 0) is 13.8 Å². The van der Waals surface area contributed by atoms with E-state index in [1.807, 2.05) is 0 Å². The molecule has 1 rings (SSSR count). The van der Waals surface area contributed by atoms with Crippen LogP contribution in [-0.4, -0.2) is 28.8 Å². The molecule has 0 aromatic carbocycles. The van der Waals surface area contributed by atoms with Gasteiger partial charge in [-0.1, -0.05) is 0 Å². The summed E-state index contributed by atoms with van der Waals surface area (Å²) in [4.78, 5) is 28.5. The number of methoxy groups -OCH3 is 1. The van der Waals surface area contributed by atoms with Crippen molar-refractivity contribution < 1.29 is 9.53 Å². The Balaban J connectivity index is 2.68. The third-order valence-corrected chi connectivity index (χ3v) is 1.85. The molecule has 0 amide bonds. The van der Waals surface area contributed by atoms with Gasteiger partial charge >= 0.3 is 5.97 Å². The molecule has 0 aliphatic carbocycles. The quantitative estimate of drug-likeness (QED) is 0.450. The molecule has 0 unspecified atom stereocenters. The first kappa shape index (κ1) is 12.9. The number of H-pyrrole nitrogens is 1. The van der Waals surface area contributed by atoms with E-state index in [9.17, 15) is 9.59 Å². The van der Waals surface area contributed by atoms with Crippen LogP contribution >= 0.6 is 0 Å². The van der Waals surface area contributed by atoms with Crippen LogP contribution in [0.1, 0.15) is 19.0 Å². The Morgan fingerprint density at radius 1 is 1.65 bits per heavy atom. The van der Waals surface area contributed by atoms with E-state index in [1.165, 1.54) is 13.2 Å². The number of rotatable bonds is 4. The topological polar surface area (TPSA) is 96.4 Å². The molecule has 2 N–H and O–H groups in total. The van der Waals surface area contributed by atoms with Crippen molar-refractivity contribution in [3.63, 3.8) is 0 Å². The number of hydrazone groups is 1. The fraction of sp³-hybridized carbons (Fsp3) is 0.400. The molecule has 0 saturated carbocycles. The van der Waals surface area contributed by atoms with Crippen molar-refractivity contribution in [2.24, 2.45) is 5.10 Å².